The van der Waals surface area contributed by atoms with Crippen molar-refractivity contribution in [1.82, 2.24) is 9.99 Å². The Kier molecular flexibility index (Phi) is 2.88. The number of benzene rings is 1. The van der Waals surface area contributed by atoms with Crippen molar-refractivity contribution < 1.29 is 0 Å². The van der Waals surface area contributed by atoms with Gasteiger partial charge in [-0.25, -0.2) is 0 Å². The molecule has 18 heavy (non-hydrogen) atoms. The molecule has 4 heteroatoms. The second-order valence-electron chi connectivity index (χ2n) is 4.99. The summed E-state index contributed by atoms with van der Waals surface area (Å²) < 4.78 is 2.18. The Hall–Kier alpha value is -1.68. The first-order chi connectivity index (χ1) is 8.75. The molecule has 2 aromatic rings. The number of aromatic nitrogens is 1. The summed E-state index contributed by atoms with van der Waals surface area (Å²) in [5.41, 5.74) is 2.60. The van der Waals surface area contributed by atoms with Gasteiger partial charge in [-0.15, -0.1) is 0 Å². The second-order valence-corrected chi connectivity index (χ2v) is 4.99. The highest BCUT2D eigenvalue weighted by Gasteiger charge is 2.12. The summed E-state index contributed by atoms with van der Waals surface area (Å²) in [5.74, 6) is 0. The van der Waals surface area contributed by atoms with Crippen LogP contribution in [0.5, 0.6) is 0 Å². The van der Waals surface area contributed by atoms with Gasteiger partial charge in [-0.05, 0) is 18.2 Å². The summed E-state index contributed by atoms with van der Waals surface area (Å²) in [7, 11) is 4.13. The molecule has 0 aliphatic carbocycles. The van der Waals surface area contributed by atoms with Gasteiger partial charge in [-0.2, -0.15) is 0 Å². The minimum atomic E-state index is 1.08. The highest BCUT2D eigenvalue weighted by molar-refractivity contribution is 5.84. The predicted octanol–water partition coefficient (Wildman–Crippen LogP) is 1.25. The molecule has 0 spiro atoms. The smallest absolute Gasteiger partial charge is 0.0715 e. The molecule has 1 saturated heterocycles. The Morgan fingerprint density at radius 2 is 1.89 bits per heavy atom. The summed E-state index contributed by atoms with van der Waals surface area (Å²) in [6.07, 6.45) is 2.12. The number of fused-ring (bicyclic) bond motifs is 1. The van der Waals surface area contributed by atoms with E-state index in [-0.39, 0.29) is 0 Å². The van der Waals surface area contributed by atoms with Crippen LogP contribution in [-0.2, 0) is 0 Å². The molecule has 1 aromatic carbocycles. The van der Waals surface area contributed by atoms with Gasteiger partial charge < -0.3 is 15.2 Å². The average Bonchev–Trinajstić information content (AvgIpc) is 2.82. The van der Waals surface area contributed by atoms with Crippen molar-refractivity contribution in [3.63, 3.8) is 0 Å². The molecule has 1 aliphatic rings. The molecule has 1 aliphatic heterocycles. The molecule has 96 valence electrons. The van der Waals surface area contributed by atoms with Crippen LogP contribution in [-0.4, -0.2) is 45.0 Å². The molecular formula is C14H20N4. The van der Waals surface area contributed by atoms with Gasteiger partial charge in [-0.3, -0.25) is 4.68 Å². The van der Waals surface area contributed by atoms with Crippen molar-refractivity contribution in [2.45, 2.75) is 0 Å². The summed E-state index contributed by atoms with van der Waals surface area (Å²) in [6, 6.07) is 8.90. The monoisotopic (exact) mass is 244 g/mol. The van der Waals surface area contributed by atoms with E-state index in [1.54, 1.807) is 0 Å². The molecular weight excluding hydrogens is 224 g/mol. The summed E-state index contributed by atoms with van der Waals surface area (Å²) >= 11 is 0. The first-order valence-corrected chi connectivity index (χ1v) is 6.50. The van der Waals surface area contributed by atoms with Crippen LogP contribution in [0.2, 0.25) is 0 Å². The third-order valence-corrected chi connectivity index (χ3v) is 3.57. The van der Waals surface area contributed by atoms with E-state index in [0.717, 1.165) is 26.2 Å². The van der Waals surface area contributed by atoms with E-state index in [2.05, 4.69) is 64.5 Å². The first-order valence-electron chi connectivity index (χ1n) is 6.50. The van der Waals surface area contributed by atoms with E-state index in [1.165, 1.54) is 16.6 Å². The fraction of sp³-hybridized carbons (Fsp3) is 0.429. The van der Waals surface area contributed by atoms with E-state index < -0.39 is 0 Å². The number of hydrogen-bond acceptors (Lipinski definition) is 3. The van der Waals surface area contributed by atoms with E-state index in [4.69, 9.17) is 0 Å². The molecule has 1 N–H and O–H groups in total. The minimum Gasteiger partial charge on any atom is -0.369 e. The molecule has 0 unspecified atom stereocenters. The zero-order chi connectivity index (χ0) is 12.5. The largest absolute Gasteiger partial charge is 0.369 e. The Morgan fingerprint density at radius 1 is 1.11 bits per heavy atom. The van der Waals surface area contributed by atoms with Crippen LogP contribution in [0.15, 0.2) is 30.5 Å². The van der Waals surface area contributed by atoms with Crippen LogP contribution in [0.25, 0.3) is 10.9 Å². The Balaban J connectivity index is 2.00. The molecule has 1 aromatic heterocycles. The molecule has 0 bridgehead atoms. The van der Waals surface area contributed by atoms with Crippen LogP contribution in [0, 0.1) is 0 Å². The van der Waals surface area contributed by atoms with E-state index >= 15 is 0 Å². The average molecular weight is 244 g/mol. The third kappa shape index (κ3) is 1.93. The van der Waals surface area contributed by atoms with Crippen LogP contribution in [0.3, 0.4) is 0 Å². The summed E-state index contributed by atoms with van der Waals surface area (Å²) in [5, 5.41) is 6.79. The molecule has 1 fully saturated rings. The van der Waals surface area contributed by atoms with Gasteiger partial charge in [-0.1, -0.05) is 6.07 Å². The van der Waals surface area contributed by atoms with Crippen molar-refractivity contribution in [3.8, 4) is 0 Å². The maximum atomic E-state index is 3.39. The molecule has 0 radical (unpaired) electrons. The normalized spacial score (nSPS) is 16.2. The minimum absolute atomic E-state index is 1.08. The standard InChI is InChI=1S/C14H20N4/c1-16(2)18-8-5-12-3-4-13(11-14(12)18)17-9-6-15-7-10-17/h3-5,8,11,15H,6-7,9-10H2,1-2H3. The predicted molar refractivity (Wildman–Crippen MR) is 77.1 cm³/mol. The number of hydrogen-bond donors (Lipinski definition) is 1. The Labute approximate surface area is 108 Å². The summed E-state index contributed by atoms with van der Waals surface area (Å²) in [6.45, 7) is 4.34. The van der Waals surface area contributed by atoms with E-state index in [1.807, 2.05) is 0 Å². The van der Waals surface area contributed by atoms with Crippen LogP contribution in [0.4, 0.5) is 5.69 Å². The molecule has 3 rings (SSSR count). The molecule has 0 amide bonds. The number of nitrogens with one attached hydrogen (secondary N) is 1. The number of anilines is 1. The van der Waals surface area contributed by atoms with Gasteiger partial charge in [0.2, 0.25) is 0 Å². The van der Waals surface area contributed by atoms with Gasteiger partial charge in [0.25, 0.3) is 0 Å². The van der Waals surface area contributed by atoms with Gasteiger partial charge in [0.15, 0.2) is 0 Å². The summed E-state index contributed by atoms with van der Waals surface area (Å²) in [4.78, 5) is 2.45. The number of rotatable bonds is 2. The molecule has 0 atom stereocenters. The SMILES string of the molecule is CN(C)n1ccc2ccc(N3CCNCC3)cc21. The van der Waals surface area contributed by atoms with Gasteiger partial charge in [0.1, 0.15) is 0 Å². The lowest BCUT2D eigenvalue weighted by atomic mass is 10.2. The van der Waals surface area contributed by atoms with Crippen molar-refractivity contribution in [2.24, 2.45) is 0 Å². The fourth-order valence-electron chi connectivity index (χ4n) is 2.57. The lowest BCUT2D eigenvalue weighted by Gasteiger charge is -2.29. The van der Waals surface area contributed by atoms with Crippen LogP contribution in [0.1, 0.15) is 0 Å². The van der Waals surface area contributed by atoms with Gasteiger partial charge in [0.05, 0.1) is 5.52 Å². The van der Waals surface area contributed by atoms with Gasteiger partial charge >= 0.3 is 0 Å². The van der Waals surface area contributed by atoms with E-state index in [9.17, 15) is 0 Å². The second kappa shape index (κ2) is 4.53. The van der Waals surface area contributed by atoms with E-state index in [0.29, 0.717) is 0 Å². The maximum Gasteiger partial charge on any atom is 0.0715 e. The van der Waals surface area contributed by atoms with Crippen molar-refractivity contribution >= 4 is 16.6 Å². The zero-order valence-electron chi connectivity index (χ0n) is 11.1. The number of nitrogens with zero attached hydrogens (tertiary/aromatic N) is 3. The number of piperazine rings is 1. The van der Waals surface area contributed by atoms with Crippen molar-refractivity contribution in [2.75, 3.05) is 50.2 Å². The van der Waals surface area contributed by atoms with Crippen LogP contribution < -0.4 is 15.2 Å². The maximum absolute atomic E-state index is 3.39. The third-order valence-electron chi connectivity index (χ3n) is 3.57. The van der Waals surface area contributed by atoms with Gasteiger partial charge in [0, 0.05) is 57.5 Å². The topological polar surface area (TPSA) is 23.4 Å². The van der Waals surface area contributed by atoms with Crippen LogP contribution >= 0.6 is 0 Å². The lowest BCUT2D eigenvalue weighted by Crippen LogP contribution is -2.43. The lowest BCUT2D eigenvalue weighted by molar-refractivity contribution is 0.589. The molecule has 0 saturated carbocycles. The van der Waals surface area contributed by atoms with Crippen molar-refractivity contribution in [1.29, 1.82) is 0 Å². The quantitative estimate of drug-likeness (QED) is 0.860. The first kappa shape index (κ1) is 11.4. The van der Waals surface area contributed by atoms with Crippen molar-refractivity contribution in [3.05, 3.63) is 30.5 Å². The highest BCUT2D eigenvalue weighted by Crippen LogP contribution is 2.23. The Morgan fingerprint density at radius 3 is 2.61 bits per heavy atom. The highest BCUT2D eigenvalue weighted by atomic mass is 15.5. The zero-order valence-corrected chi connectivity index (χ0v) is 11.1. The molecule has 2 heterocycles. The Bertz CT molecular complexity index is 538. The fourth-order valence-corrected chi connectivity index (χ4v) is 2.57. The molecule has 4 nitrogen and oxygen atoms in total.